The number of hydrogen-bond donors (Lipinski definition) is 2. The molecule has 1 heterocycles. The molecule has 6 nitrogen and oxygen atoms in total. The second-order valence-corrected chi connectivity index (χ2v) is 8.05. The standard InChI is InChI=1S/C21H17N3O3S/c22-19-6-1-2-7-21(19)27-16-4-3-5-18(12-16)28(25,26)17-10-8-15(9-11-17)20-13-23-14-24-20/h1-14H,22H2,(H,23,24). The number of aromatic nitrogens is 2. The van der Waals surface area contributed by atoms with E-state index in [1.54, 1.807) is 73.2 Å². The number of ether oxygens (including phenoxy) is 1. The molecule has 7 heteroatoms. The Morgan fingerprint density at radius 2 is 1.68 bits per heavy atom. The summed E-state index contributed by atoms with van der Waals surface area (Å²) in [7, 11) is -3.69. The molecule has 0 aliphatic carbocycles. The highest BCUT2D eigenvalue weighted by Gasteiger charge is 2.19. The van der Waals surface area contributed by atoms with Crippen molar-refractivity contribution >= 4 is 15.5 Å². The van der Waals surface area contributed by atoms with Gasteiger partial charge >= 0.3 is 0 Å². The minimum absolute atomic E-state index is 0.145. The normalized spacial score (nSPS) is 11.3. The number of benzene rings is 3. The molecular weight excluding hydrogens is 374 g/mol. The van der Waals surface area contributed by atoms with Crippen molar-refractivity contribution in [1.29, 1.82) is 0 Å². The van der Waals surface area contributed by atoms with Crippen molar-refractivity contribution in [1.82, 2.24) is 9.97 Å². The van der Waals surface area contributed by atoms with Gasteiger partial charge in [0.2, 0.25) is 9.84 Å². The van der Waals surface area contributed by atoms with Crippen LogP contribution in [0.15, 0.2) is 95.1 Å². The lowest BCUT2D eigenvalue weighted by Crippen LogP contribution is -2.02. The Hall–Kier alpha value is -3.58. The van der Waals surface area contributed by atoms with E-state index in [1.807, 2.05) is 0 Å². The lowest BCUT2D eigenvalue weighted by atomic mass is 10.2. The van der Waals surface area contributed by atoms with Crippen molar-refractivity contribution in [2.75, 3.05) is 5.73 Å². The van der Waals surface area contributed by atoms with Gasteiger partial charge < -0.3 is 15.5 Å². The molecule has 28 heavy (non-hydrogen) atoms. The smallest absolute Gasteiger partial charge is 0.206 e. The van der Waals surface area contributed by atoms with Crippen LogP contribution >= 0.6 is 0 Å². The fourth-order valence-electron chi connectivity index (χ4n) is 2.76. The fraction of sp³-hybridized carbons (Fsp3) is 0. The molecule has 140 valence electrons. The van der Waals surface area contributed by atoms with E-state index in [4.69, 9.17) is 10.5 Å². The molecule has 0 radical (unpaired) electrons. The molecule has 0 saturated carbocycles. The predicted molar refractivity (Wildman–Crippen MR) is 107 cm³/mol. The summed E-state index contributed by atoms with van der Waals surface area (Å²) in [5.74, 6) is 0.868. The molecule has 3 N–H and O–H groups in total. The zero-order chi connectivity index (χ0) is 19.6. The quantitative estimate of drug-likeness (QED) is 0.495. The lowest BCUT2D eigenvalue weighted by Gasteiger charge is -2.10. The monoisotopic (exact) mass is 391 g/mol. The zero-order valence-electron chi connectivity index (χ0n) is 14.7. The van der Waals surface area contributed by atoms with Gasteiger partial charge in [0.15, 0.2) is 0 Å². The van der Waals surface area contributed by atoms with Crippen LogP contribution in [0.5, 0.6) is 11.5 Å². The molecular formula is C21H17N3O3S. The van der Waals surface area contributed by atoms with Gasteiger partial charge in [0.05, 0.1) is 27.5 Å². The first-order valence-corrected chi connectivity index (χ1v) is 9.99. The first-order chi connectivity index (χ1) is 13.5. The number of hydrogen-bond acceptors (Lipinski definition) is 5. The van der Waals surface area contributed by atoms with Crippen molar-refractivity contribution in [2.45, 2.75) is 9.79 Å². The van der Waals surface area contributed by atoms with Gasteiger partial charge in [0.25, 0.3) is 0 Å². The highest BCUT2D eigenvalue weighted by atomic mass is 32.2. The number of nitrogens with one attached hydrogen (secondary N) is 1. The lowest BCUT2D eigenvalue weighted by molar-refractivity contribution is 0.483. The maximum Gasteiger partial charge on any atom is 0.206 e. The molecule has 1 aromatic heterocycles. The molecule has 4 rings (SSSR count). The third-order valence-corrected chi connectivity index (χ3v) is 5.99. The first kappa shape index (κ1) is 17.8. The average molecular weight is 391 g/mol. The van der Waals surface area contributed by atoms with Gasteiger partial charge in [-0.2, -0.15) is 0 Å². The van der Waals surface area contributed by atoms with Gasteiger partial charge in [-0.15, -0.1) is 0 Å². The second kappa shape index (κ2) is 7.21. The molecule has 0 fully saturated rings. The Labute approximate surface area is 162 Å². The number of nitrogens with two attached hydrogens (primary N) is 1. The number of rotatable bonds is 5. The maximum absolute atomic E-state index is 13.0. The third kappa shape index (κ3) is 3.47. The van der Waals surface area contributed by atoms with E-state index in [-0.39, 0.29) is 9.79 Å². The topological polar surface area (TPSA) is 98.1 Å². The molecule has 0 bridgehead atoms. The van der Waals surface area contributed by atoms with Crippen LogP contribution in [0.1, 0.15) is 0 Å². The summed E-state index contributed by atoms with van der Waals surface area (Å²) in [4.78, 5) is 7.38. The summed E-state index contributed by atoms with van der Waals surface area (Å²) >= 11 is 0. The van der Waals surface area contributed by atoms with E-state index in [9.17, 15) is 8.42 Å². The number of aromatic amines is 1. The maximum atomic E-state index is 13.0. The molecule has 0 amide bonds. The molecule has 0 saturated heterocycles. The molecule has 0 atom stereocenters. The van der Waals surface area contributed by atoms with Crippen LogP contribution in [0.2, 0.25) is 0 Å². The van der Waals surface area contributed by atoms with Crippen LogP contribution in [-0.2, 0) is 9.84 Å². The molecule has 0 aliphatic rings. The van der Waals surface area contributed by atoms with Gasteiger partial charge in [-0.1, -0.05) is 30.3 Å². The summed E-state index contributed by atoms with van der Waals surface area (Å²) in [5, 5.41) is 0. The summed E-state index contributed by atoms with van der Waals surface area (Å²) in [6.45, 7) is 0. The fourth-order valence-corrected chi connectivity index (χ4v) is 4.06. The molecule has 0 spiro atoms. The highest BCUT2D eigenvalue weighted by molar-refractivity contribution is 7.91. The van der Waals surface area contributed by atoms with Crippen molar-refractivity contribution in [2.24, 2.45) is 0 Å². The minimum Gasteiger partial charge on any atom is -0.455 e. The number of H-pyrrole nitrogens is 1. The van der Waals surface area contributed by atoms with Crippen LogP contribution in [-0.4, -0.2) is 18.4 Å². The van der Waals surface area contributed by atoms with E-state index in [2.05, 4.69) is 9.97 Å². The summed E-state index contributed by atoms with van der Waals surface area (Å²) in [6.07, 6.45) is 3.32. The summed E-state index contributed by atoms with van der Waals surface area (Å²) in [6, 6.07) is 20.0. The van der Waals surface area contributed by atoms with Crippen LogP contribution in [0, 0.1) is 0 Å². The summed E-state index contributed by atoms with van der Waals surface area (Å²) < 4.78 is 31.8. The summed E-state index contributed by atoms with van der Waals surface area (Å²) in [5.41, 5.74) is 7.94. The number of sulfone groups is 1. The average Bonchev–Trinajstić information content (AvgIpc) is 3.25. The number of imidazole rings is 1. The van der Waals surface area contributed by atoms with Crippen molar-refractivity contribution in [3.8, 4) is 22.8 Å². The molecule has 4 aromatic rings. The van der Waals surface area contributed by atoms with Gasteiger partial charge in [0.1, 0.15) is 11.5 Å². The van der Waals surface area contributed by atoms with Crippen molar-refractivity contribution in [3.63, 3.8) is 0 Å². The number of nitrogens with zero attached hydrogens (tertiary/aromatic N) is 1. The Morgan fingerprint density at radius 1 is 0.893 bits per heavy atom. The Balaban J connectivity index is 1.63. The SMILES string of the molecule is Nc1ccccc1Oc1cccc(S(=O)(=O)c2ccc(-c3c[nH]cn3)cc2)c1. The number of nitrogen functional groups attached to an aromatic ring is 1. The van der Waals surface area contributed by atoms with E-state index >= 15 is 0 Å². The Morgan fingerprint density at radius 3 is 2.39 bits per heavy atom. The molecule has 0 aliphatic heterocycles. The van der Waals surface area contributed by atoms with Crippen LogP contribution in [0.25, 0.3) is 11.3 Å². The van der Waals surface area contributed by atoms with Crippen LogP contribution in [0.4, 0.5) is 5.69 Å². The Kier molecular flexibility index (Phi) is 4.58. The first-order valence-electron chi connectivity index (χ1n) is 8.51. The molecule has 3 aromatic carbocycles. The minimum atomic E-state index is -3.69. The predicted octanol–water partition coefficient (Wildman–Crippen LogP) is 4.28. The van der Waals surface area contributed by atoms with E-state index in [1.165, 1.54) is 12.1 Å². The van der Waals surface area contributed by atoms with Crippen molar-refractivity contribution in [3.05, 3.63) is 85.3 Å². The van der Waals surface area contributed by atoms with E-state index in [0.29, 0.717) is 17.2 Å². The zero-order valence-corrected chi connectivity index (χ0v) is 15.6. The van der Waals surface area contributed by atoms with E-state index < -0.39 is 9.84 Å². The number of anilines is 1. The second-order valence-electron chi connectivity index (χ2n) is 6.10. The largest absolute Gasteiger partial charge is 0.455 e. The van der Waals surface area contributed by atoms with Gasteiger partial charge in [-0.05, 0) is 42.5 Å². The van der Waals surface area contributed by atoms with Crippen molar-refractivity contribution < 1.29 is 13.2 Å². The van der Waals surface area contributed by atoms with Gasteiger partial charge in [-0.3, -0.25) is 0 Å². The number of para-hydroxylation sites is 2. The Bertz CT molecular complexity index is 1200. The van der Waals surface area contributed by atoms with Gasteiger partial charge in [-0.25, -0.2) is 13.4 Å². The molecule has 0 unspecified atom stereocenters. The van der Waals surface area contributed by atoms with Crippen LogP contribution < -0.4 is 10.5 Å². The third-order valence-electron chi connectivity index (χ3n) is 4.22. The van der Waals surface area contributed by atoms with Crippen LogP contribution in [0.3, 0.4) is 0 Å². The van der Waals surface area contributed by atoms with Gasteiger partial charge in [0, 0.05) is 11.8 Å². The van der Waals surface area contributed by atoms with E-state index in [0.717, 1.165) is 11.3 Å². The highest BCUT2D eigenvalue weighted by Crippen LogP contribution is 2.30.